The number of rotatable bonds is 5. The van der Waals surface area contributed by atoms with Crippen LogP contribution in [-0.4, -0.2) is 44.5 Å². The molecule has 1 fully saturated rings. The number of hydrogen-bond donors (Lipinski definition) is 3. The Morgan fingerprint density at radius 3 is 2.70 bits per heavy atom. The minimum Gasteiger partial charge on any atom is -0.392 e. The second-order valence-electron chi connectivity index (χ2n) is 6.59. The summed E-state index contributed by atoms with van der Waals surface area (Å²) in [6, 6.07) is 13.3. The predicted molar refractivity (Wildman–Crippen MR) is 101 cm³/mol. The van der Waals surface area contributed by atoms with Crippen LogP contribution in [0, 0.1) is 0 Å². The third-order valence-electron chi connectivity index (χ3n) is 4.64. The van der Waals surface area contributed by atoms with Crippen LogP contribution < -0.4 is 10.6 Å². The van der Waals surface area contributed by atoms with Gasteiger partial charge in [0.2, 0.25) is 5.91 Å². The molecule has 0 radical (unpaired) electrons. The van der Waals surface area contributed by atoms with Gasteiger partial charge in [-0.3, -0.25) is 9.78 Å². The van der Waals surface area contributed by atoms with Crippen molar-refractivity contribution >= 4 is 5.91 Å². The highest BCUT2D eigenvalue weighted by Crippen LogP contribution is 2.23. The fraction of sp³-hybridized carbons (Fsp3) is 0.250. The van der Waals surface area contributed by atoms with Gasteiger partial charge < -0.3 is 15.7 Å². The maximum Gasteiger partial charge on any atom is 0.237 e. The van der Waals surface area contributed by atoms with Gasteiger partial charge in [0.15, 0.2) is 0 Å². The minimum absolute atomic E-state index is 0.111. The number of carbonyl (C=O) groups is 1. The highest BCUT2D eigenvalue weighted by Gasteiger charge is 2.28. The molecule has 138 valence electrons. The van der Waals surface area contributed by atoms with Crippen molar-refractivity contribution in [1.29, 1.82) is 0 Å². The van der Waals surface area contributed by atoms with E-state index in [2.05, 4.69) is 15.6 Å². The van der Waals surface area contributed by atoms with Crippen LogP contribution in [0.3, 0.4) is 0 Å². The summed E-state index contributed by atoms with van der Waals surface area (Å²) in [5.41, 5.74) is 3.61. The van der Waals surface area contributed by atoms with E-state index in [1.54, 1.807) is 12.4 Å². The molecule has 1 amide bonds. The van der Waals surface area contributed by atoms with Crippen molar-refractivity contribution in [2.24, 2.45) is 0 Å². The lowest BCUT2D eigenvalue weighted by molar-refractivity contribution is -0.123. The van der Waals surface area contributed by atoms with Crippen molar-refractivity contribution in [3.8, 4) is 16.9 Å². The van der Waals surface area contributed by atoms with E-state index < -0.39 is 6.10 Å². The van der Waals surface area contributed by atoms with Gasteiger partial charge in [0.05, 0.1) is 23.5 Å². The highest BCUT2D eigenvalue weighted by molar-refractivity contribution is 5.82. The summed E-state index contributed by atoms with van der Waals surface area (Å²) in [5, 5.41) is 20.3. The second kappa shape index (κ2) is 7.69. The zero-order valence-corrected chi connectivity index (χ0v) is 14.7. The van der Waals surface area contributed by atoms with E-state index in [4.69, 9.17) is 5.10 Å². The van der Waals surface area contributed by atoms with E-state index in [1.165, 1.54) is 0 Å². The Bertz CT molecular complexity index is 911. The number of para-hydroxylation sites is 1. The van der Waals surface area contributed by atoms with Crippen LogP contribution in [0.15, 0.2) is 61.1 Å². The molecule has 27 heavy (non-hydrogen) atoms. The number of aliphatic hydroxyl groups excluding tert-OH is 1. The molecule has 2 atom stereocenters. The largest absolute Gasteiger partial charge is 0.392 e. The lowest BCUT2D eigenvalue weighted by Crippen LogP contribution is -2.40. The summed E-state index contributed by atoms with van der Waals surface area (Å²) in [7, 11) is 0. The van der Waals surface area contributed by atoms with Gasteiger partial charge in [-0.1, -0.05) is 18.2 Å². The van der Waals surface area contributed by atoms with E-state index in [9.17, 15) is 9.90 Å². The fourth-order valence-corrected chi connectivity index (χ4v) is 3.23. The number of aromatic nitrogens is 3. The number of carbonyl (C=O) groups excluding carboxylic acids is 1. The van der Waals surface area contributed by atoms with E-state index in [1.807, 2.05) is 53.3 Å². The van der Waals surface area contributed by atoms with Crippen molar-refractivity contribution in [1.82, 2.24) is 25.4 Å². The molecule has 0 spiro atoms. The maximum atomic E-state index is 12.4. The number of aliphatic hydroxyl groups is 1. The first kappa shape index (κ1) is 17.4. The monoisotopic (exact) mass is 363 g/mol. The molecular formula is C20H21N5O2. The lowest BCUT2D eigenvalue weighted by Gasteiger charge is -2.11. The summed E-state index contributed by atoms with van der Waals surface area (Å²) < 4.78 is 1.81. The van der Waals surface area contributed by atoms with E-state index >= 15 is 0 Å². The molecule has 7 heteroatoms. The Morgan fingerprint density at radius 2 is 2.00 bits per heavy atom. The number of amides is 1. The molecule has 3 aromatic rings. The Balaban J connectivity index is 1.58. The molecular weight excluding hydrogens is 342 g/mol. The zero-order valence-electron chi connectivity index (χ0n) is 14.7. The molecule has 3 N–H and O–H groups in total. The molecule has 3 heterocycles. The topological polar surface area (TPSA) is 92.1 Å². The number of β-amino-alcohol motifs (C(OH)–C–C–N with tert-alkyl or cyclic N) is 1. The van der Waals surface area contributed by atoms with Gasteiger partial charge in [-0.25, -0.2) is 4.68 Å². The van der Waals surface area contributed by atoms with E-state index in [-0.39, 0.29) is 11.9 Å². The summed E-state index contributed by atoms with van der Waals surface area (Å²) >= 11 is 0. The summed E-state index contributed by atoms with van der Waals surface area (Å²) in [5.74, 6) is -0.111. The van der Waals surface area contributed by atoms with Crippen LogP contribution in [-0.2, 0) is 11.3 Å². The molecule has 7 nitrogen and oxygen atoms in total. The Hall–Kier alpha value is -3.03. The number of hydrogen-bond acceptors (Lipinski definition) is 5. The Kier molecular flexibility index (Phi) is 4.95. The third kappa shape index (κ3) is 3.89. The predicted octanol–water partition coefficient (Wildman–Crippen LogP) is 1.27. The van der Waals surface area contributed by atoms with E-state index in [0.29, 0.717) is 19.5 Å². The van der Waals surface area contributed by atoms with Crippen LogP contribution >= 0.6 is 0 Å². The van der Waals surface area contributed by atoms with Crippen LogP contribution in [0.1, 0.15) is 12.0 Å². The van der Waals surface area contributed by atoms with Gasteiger partial charge in [-0.15, -0.1) is 0 Å². The van der Waals surface area contributed by atoms with Crippen molar-refractivity contribution in [2.75, 3.05) is 6.54 Å². The number of pyridine rings is 1. The van der Waals surface area contributed by atoms with E-state index in [0.717, 1.165) is 22.5 Å². The van der Waals surface area contributed by atoms with Gasteiger partial charge >= 0.3 is 0 Å². The normalized spacial score (nSPS) is 19.1. The first-order chi connectivity index (χ1) is 13.2. The van der Waals surface area contributed by atoms with Gasteiger partial charge in [-0.2, -0.15) is 5.10 Å². The van der Waals surface area contributed by atoms with Crippen LogP contribution in [0.25, 0.3) is 16.9 Å². The van der Waals surface area contributed by atoms with Crippen molar-refractivity contribution in [3.05, 3.63) is 66.6 Å². The van der Waals surface area contributed by atoms with Crippen molar-refractivity contribution < 1.29 is 9.90 Å². The Morgan fingerprint density at radius 1 is 1.22 bits per heavy atom. The fourth-order valence-electron chi connectivity index (χ4n) is 3.23. The summed E-state index contributed by atoms with van der Waals surface area (Å²) in [6.07, 6.45) is 5.36. The molecule has 2 unspecified atom stereocenters. The first-order valence-corrected chi connectivity index (χ1v) is 8.94. The highest BCUT2D eigenvalue weighted by atomic mass is 16.3. The standard InChI is InChI=1S/C20H21N5O2/c26-17-10-18(22-12-17)20(27)23-11-15-13-25(16-4-2-1-3-5-16)24-19(15)14-6-8-21-9-7-14/h1-9,13,17-18,22,26H,10-12H2,(H,23,27). The molecule has 0 aliphatic carbocycles. The molecule has 1 aliphatic heterocycles. The number of benzene rings is 1. The smallest absolute Gasteiger partial charge is 0.237 e. The molecule has 1 saturated heterocycles. The summed E-state index contributed by atoms with van der Waals surface area (Å²) in [4.78, 5) is 16.4. The third-order valence-corrected chi connectivity index (χ3v) is 4.64. The lowest BCUT2D eigenvalue weighted by atomic mass is 10.1. The quantitative estimate of drug-likeness (QED) is 0.635. The number of nitrogens with zero attached hydrogens (tertiary/aromatic N) is 3. The molecule has 0 bridgehead atoms. The maximum absolute atomic E-state index is 12.4. The molecule has 0 saturated carbocycles. The van der Waals surface area contributed by atoms with Gasteiger partial charge in [0.25, 0.3) is 0 Å². The first-order valence-electron chi connectivity index (χ1n) is 8.94. The average molecular weight is 363 g/mol. The number of nitrogens with one attached hydrogen (secondary N) is 2. The molecule has 4 rings (SSSR count). The zero-order chi connectivity index (χ0) is 18.6. The van der Waals surface area contributed by atoms with Crippen LogP contribution in [0.2, 0.25) is 0 Å². The van der Waals surface area contributed by atoms with Crippen molar-refractivity contribution in [2.45, 2.75) is 25.1 Å². The second-order valence-corrected chi connectivity index (χ2v) is 6.59. The van der Waals surface area contributed by atoms with Crippen LogP contribution in [0.4, 0.5) is 0 Å². The average Bonchev–Trinajstić information content (AvgIpc) is 3.34. The van der Waals surface area contributed by atoms with Gasteiger partial charge in [-0.05, 0) is 30.7 Å². The molecule has 2 aromatic heterocycles. The molecule has 1 aliphatic rings. The van der Waals surface area contributed by atoms with Gasteiger partial charge in [0.1, 0.15) is 0 Å². The van der Waals surface area contributed by atoms with Crippen LogP contribution in [0.5, 0.6) is 0 Å². The summed E-state index contributed by atoms with van der Waals surface area (Å²) in [6.45, 7) is 0.809. The molecule has 1 aromatic carbocycles. The van der Waals surface area contributed by atoms with Crippen molar-refractivity contribution in [3.63, 3.8) is 0 Å². The minimum atomic E-state index is -0.464. The van der Waals surface area contributed by atoms with Gasteiger partial charge in [0, 0.05) is 42.8 Å². The SMILES string of the molecule is O=C(NCc1cn(-c2ccccc2)nc1-c1ccncc1)C1CC(O)CN1. The Labute approximate surface area is 157 Å².